The van der Waals surface area contributed by atoms with Crippen LogP contribution in [0.25, 0.3) is 0 Å². The summed E-state index contributed by atoms with van der Waals surface area (Å²) in [6.45, 7) is 0. The average molecular weight is 277 g/mol. The van der Waals surface area contributed by atoms with Crippen molar-refractivity contribution in [3.05, 3.63) is 39.4 Å². The second-order valence-corrected chi connectivity index (χ2v) is 4.20. The number of amides is 2. The number of hydrogen-bond acceptors (Lipinski definition) is 2. The van der Waals surface area contributed by atoms with E-state index in [1.165, 1.54) is 24.3 Å². The molecule has 0 saturated carbocycles. The molecule has 0 aromatic heterocycles. The summed E-state index contributed by atoms with van der Waals surface area (Å²) in [7, 11) is 0. The summed E-state index contributed by atoms with van der Waals surface area (Å²) in [6.07, 6.45) is 2.34. The van der Waals surface area contributed by atoms with Crippen molar-refractivity contribution in [2.45, 2.75) is 0 Å². The SMILES string of the molecule is O=C1C=CC(=O)N1c1ccc(Cl)c(Cl)c1Cl. The van der Waals surface area contributed by atoms with Crippen LogP contribution in [0.2, 0.25) is 15.1 Å². The Morgan fingerprint density at radius 3 is 2.00 bits per heavy atom. The molecule has 1 aromatic carbocycles. The van der Waals surface area contributed by atoms with Gasteiger partial charge in [0.25, 0.3) is 11.8 Å². The summed E-state index contributed by atoms with van der Waals surface area (Å²) in [4.78, 5) is 23.8. The Morgan fingerprint density at radius 2 is 1.44 bits per heavy atom. The number of halogens is 3. The quantitative estimate of drug-likeness (QED) is 0.584. The maximum Gasteiger partial charge on any atom is 0.258 e. The summed E-state index contributed by atoms with van der Waals surface area (Å²) in [5, 5.41) is 0.468. The lowest BCUT2D eigenvalue weighted by Gasteiger charge is -2.16. The van der Waals surface area contributed by atoms with E-state index in [0.717, 1.165) is 4.90 Å². The van der Waals surface area contributed by atoms with Gasteiger partial charge in [0.1, 0.15) is 0 Å². The Hall–Kier alpha value is -1.03. The lowest BCUT2D eigenvalue weighted by Crippen LogP contribution is -2.29. The van der Waals surface area contributed by atoms with Gasteiger partial charge in [0.2, 0.25) is 0 Å². The number of carbonyl (C=O) groups excluding carboxylic acids is 2. The van der Waals surface area contributed by atoms with Crippen molar-refractivity contribution in [3.63, 3.8) is 0 Å². The fraction of sp³-hybridized carbons (Fsp3) is 0. The van der Waals surface area contributed by atoms with E-state index in [4.69, 9.17) is 34.8 Å². The minimum atomic E-state index is -0.453. The summed E-state index contributed by atoms with van der Waals surface area (Å²) >= 11 is 17.5. The first-order valence-corrected chi connectivity index (χ1v) is 5.35. The van der Waals surface area contributed by atoms with Crippen molar-refractivity contribution in [2.75, 3.05) is 4.90 Å². The van der Waals surface area contributed by atoms with Crippen LogP contribution >= 0.6 is 34.8 Å². The number of anilines is 1. The Morgan fingerprint density at radius 1 is 0.875 bits per heavy atom. The first-order chi connectivity index (χ1) is 7.52. The highest BCUT2D eigenvalue weighted by Crippen LogP contribution is 2.38. The van der Waals surface area contributed by atoms with Gasteiger partial charge in [-0.05, 0) is 12.1 Å². The lowest BCUT2D eigenvalue weighted by atomic mass is 10.3. The molecule has 6 heteroatoms. The molecule has 0 atom stereocenters. The maximum absolute atomic E-state index is 11.4. The van der Waals surface area contributed by atoms with E-state index >= 15 is 0 Å². The van der Waals surface area contributed by atoms with Crippen LogP contribution in [0, 0.1) is 0 Å². The van der Waals surface area contributed by atoms with Gasteiger partial charge < -0.3 is 0 Å². The number of nitrogens with zero attached hydrogens (tertiary/aromatic N) is 1. The Kier molecular flexibility index (Phi) is 2.93. The van der Waals surface area contributed by atoms with Crippen molar-refractivity contribution >= 4 is 52.3 Å². The molecule has 1 heterocycles. The second-order valence-electron chi connectivity index (χ2n) is 3.04. The Labute approximate surface area is 106 Å². The Balaban J connectivity index is 2.54. The molecule has 0 spiro atoms. The molecule has 1 aliphatic rings. The van der Waals surface area contributed by atoms with Gasteiger partial charge in [-0.25, -0.2) is 4.90 Å². The van der Waals surface area contributed by atoms with Crippen LogP contribution in [0.1, 0.15) is 0 Å². The van der Waals surface area contributed by atoms with Crippen molar-refractivity contribution < 1.29 is 9.59 Å². The van der Waals surface area contributed by atoms with E-state index < -0.39 is 11.8 Å². The molecule has 0 fully saturated rings. The van der Waals surface area contributed by atoms with Crippen LogP contribution in [-0.4, -0.2) is 11.8 Å². The third kappa shape index (κ3) is 1.71. The molecule has 0 unspecified atom stereocenters. The van der Waals surface area contributed by atoms with Gasteiger partial charge >= 0.3 is 0 Å². The van der Waals surface area contributed by atoms with Crippen molar-refractivity contribution in [3.8, 4) is 0 Å². The molecule has 0 aliphatic carbocycles. The standard InChI is InChI=1S/C10H4Cl3NO2/c11-5-1-2-6(10(13)9(5)12)14-7(15)3-4-8(14)16/h1-4H. The number of rotatable bonds is 1. The van der Waals surface area contributed by atoms with Crippen molar-refractivity contribution in [2.24, 2.45) is 0 Å². The average Bonchev–Trinajstić information content (AvgIpc) is 2.57. The van der Waals surface area contributed by atoms with E-state index in [1.807, 2.05) is 0 Å². The van der Waals surface area contributed by atoms with Gasteiger partial charge in [-0.2, -0.15) is 0 Å². The number of benzene rings is 1. The normalized spacial score (nSPS) is 15.1. The molecule has 1 aromatic rings. The van der Waals surface area contributed by atoms with Crippen molar-refractivity contribution in [1.29, 1.82) is 0 Å². The van der Waals surface area contributed by atoms with Gasteiger partial charge in [0, 0.05) is 12.2 Å². The van der Waals surface area contributed by atoms with E-state index in [1.54, 1.807) is 0 Å². The van der Waals surface area contributed by atoms with Crippen LogP contribution < -0.4 is 4.90 Å². The molecule has 82 valence electrons. The van der Waals surface area contributed by atoms with Gasteiger partial charge in [0.05, 0.1) is 20.8 Å². The van der Waals surface area contributed by atoms with E-state index in [-0.39, 0.29) is 20.8 Å². The Bertz CT molecular complexity index is 507. The first-order valence-electron chi connectivity index (χ1n) is 4.22. The van der Waals surface area contributed by atoms with Gasteiger partial charge in [-0.3, -0.25) is 9.59 Å². The number of imide groups is 1. The second kappa shape index (κ2) is 4.09. The smallest absolute Gasteiger partial charge is 0.258 e. The molecule has 0 saturated heterocycles. The van der Waals surface area contributed by atoms with Gasteiger partial charge in [-0.1, -0.05) is 34.8 Å². The van der Waals surface area contributed by atoms with Crippen LogP contribution in [0.3, 0.4) is 0 Å². The predicted molar refractivity (Wildman–Crippen MR) is 63.1 cm³/mol. The fourth-order valence-corrected chi connectivity index (χ4v) is 1.94. The van der Waals surface area contributed by atoms with Crippen LogP contribution in [0.5, 0.6) is 0 Å². The van der Waals surface area contributed by atoms with E-state index in [2.05, 4.69) is 0 Å². The van der Waals surface area contributed by atoms with Crippen LogP contribution in [0.15, 0.2) is 24.3 Å². The third-order valence-electron chi connectivity index (χ3n) is 2.06. The number of hydrogen-bond donors (Lipinski definition) is 0. The molecular formula is C10H4Cl3NO2. The molecule has 16 heavy (non-hydrogen) atoms. The third-order valence-corrected chi connectivity index (χ3v) is 3.35. The monoisotopic (exact) mass is 275 g/mol. The predicted octanol–water partition coefficient (Wildman–Crippen LogP) is 3.08. The molecule has 1 aliphatic heterocycles. The molecule has 0 radical (unpaired) electrons. The molecule has 2 amide bonds. The summed E-state index contributed by atoms with van der Waals surface area (Å²) in [6, 6.07) is 2.95. The van der Waals surface area contributed by atoms with Crippen LogP contribution in [0.4, 0.5) is 5.69 Å². The van der Waals surface area contributed by atoms with Crippen molar-refractivity contribution in [1.82, 2.24) is 0 Å². The molecule has 3 nitrogen and oxygen atoms in total. The van der Waals surface area contributed by atoms with Gasteiger partial charge in [-0.15, -0.1) is 0 Å². The summed E-state index contributed by atoms with van der Waals surface area (Å²) in [5.74, 6) is -0.907. The van der Waals surface area contributed by atoms with E-state index in [0.29, 0.717) is 0 Å². The molecule has 2 rings (SSSR count). The summed E-state index contributed by atoms with van der Waals surface area (Å²) < 4.78 is 0. The zero-order valence-electron chi connectivity index (χ0n) is 7.71. The lowest BCUT2D eigenvalue weighted by molar-refractivity contribution is -0.119. The van der Waals surface area contributed by atoms with Gasteiger partial charge in [0.15, 0.2) is 0 Å². The van der Waals surface area contributed by atoms with Crippen LogP contribution in [-0.2, 0) is 9.59 Å². The highest BCUT2D eigenvalue weighted by molar-refractivity contribution is 6.50. The minimum Gasteiger partial charge on any atom is -0.269 e. The molecular weight excluding hydrogens is 272 g/mol. The summed E-state index contributed by atoms with van der Waals surface area (Å²) in [5.41, 5.74) is 0.232. The highest BCUT2D eigenvalue weighted by atomic mass is 35.5. The molecule has 0 bridgehead atoms. The zero-order chi connectivity index (χ0) is 11.9. The zero-order valence-corrected chi connectivity index (χ0v) is 9.97. The number of carbonyl (C=O) groups is 2. The largest absolute Gasteiger partial charge is 0.269 e. The first kappa shape index (κ1) is 11.5. The maximum atomic E-state index is 11.4. The molecule has 0 N–H and O–H groups in total. The highest BCUT2D eigenvalue weighted by Gasteiger charge is 2.28. The minimum absolute atomic E-state index is 0.0829. The van der Waals surface area contributed by atoms with E-state index in [9.17, 15) is 9.59 Å². The topological polar surface area (TPSA) is 37.4 Å². The fourth-order valence-electron chi connectivity index (χ4n) is 1.33.